The summed E-state index contributed by atoms with van der Waals surface area (Å²) in [5, 5.41) is 9.25. The van der Waals surface area contributed by atoms with Crippen molar-refractivity contribution in [1.82, 2.24) is 0 Å². The molecule has 0 amide bonds. The van der Waals surface area contributed by atoms with Gasteiger partial charge in [0, 0.05) is 0 Å². The normalized spacial score (nSPS) is 15.3. The fourth-order valence-corrected chi connectivity index (χ4v) is 1.76. The van der Waals surface area contributed by atoms with Crippen molar-refractivity contribution in [2.75, 3.05) is 7.11 Å². The Labute approximate surface area is 99.8 Å². The molecule has 0 aromatic rings. The van der Waals surface area contributed by atoms with Crippen molar-refractivity contribution in [3.05, 3.63) is 0 Å². The smallest absolute Gasteiger partial charge is 0.345 e. The zero-order chi connectivity index (χ0) is 10.9. The van der Waals surface area contributed by atoms with Gasteiger partial charge in [-0.2, -0.15) is 0 Å². The van der Waals surface area contributed by atoms with Gasteiger partial charge >= 0.3 is 5.97 Å². The molecule has 0 aromatic heterocycles. The molecular weight excluding hydrogens is 285 g/mol. The molecule has 0 aliphatic rings. The molecule has 0 fully saturated rings. The predicted octanol–water partition coefficient (Wildman–Crippen LogP) is 2.06. The number of carbonyl (C=O) groups is 1. The highest BCUT2D eigenvalue weighted by Crippen LogP contribution is 2.41. The third kappa shape index (κ3) is 3.50. The van der Waals surface area contributed by atoms with Gasteiger partial charge in [0.2, 0.25) is 8.13 Å². The van der Waals surface area contributed by atoms with Crippen LogP contribution in [0.15, 0.2) is 0 Å². The summed E-state index contributed by atoms with van der Waals surface area (Å²) in [5.74, 6) is -1.10. The van der Waals surface area contributed by atoms with Crippen LogP contribution in [0.5, 0.6) is 0 Å². The molecule has 13 heavy (non-hydrogen) atoms. The summed E-state index contributed by atoms with van der Waals surface area (Å²) in [6, 6.07) is 0. The first-order valence-electron chi connectivity index (χ1n) is 2.85. The van der Waals surface area contributed by atoms with Gasteiger partial charge in [0.1, 0.15) is 6.10 Å². The SMILES string of the molecule is COC(=O)C(Cl)(Cl)C(O)C(Cl)(Cl)Cl. The molecule has 0 heterocycles. The van der Waals surface area contributed by atoms with Crippen molar-refractivity contribution in [2.24, 2.45) is 0 Å². The molecule has 0 aliphatic heterocycles. The monoisotopic (exact) mass is 288 g/mol. The van der Waals surface area contributed by atoms with Crippen molar-refractivity contribution in [2.45, 2.75) is 14.2 Å². The van der Waals surface area contributed by atoms with Crippen molar-refractivity contribution in [1.29, 1.82) is 0 Å². The molecule has 78 valence electrons. The lowest BCUT2D eigenvalue weighted by molar-refractivity contribution is -0.143. The van der Waals surface area contributed by atoms with Gasteiger partial charge in [-0.15, -0.1) is 0 Å². The number of alkyl halides is 5. The van der Waals surface area contributed by atoms with E-state index in [4.69, 9.17) is 58.0 Å². The first-order chi connectivity index (χ1) is 5.64. The van der Waals surface area contributed by atoms with Crippen molar-refractivity contribution < 1.29 is 14.6 Å². The minimum atomic E-state index is -2.31. The molecule has 0 spiro atoms. The molecule has 1 unspecified atom stereocenters. The van der Waals surface area contributed by atoms with Crippen LogP contribution in [0.1, 0.15) is 0 Å². The fourth-order valence-electron chi connectivity index (χ4n) is 0.453. The third-order valence-corrected chi connectivity index (χ3v) is 2.45. The topological polar surface area (TPSA) is 46.5 Å². The van der Waals surface area contributed by atoms with E-state index in [0.717, 1.165) is 7.11 Å². The number of ether oxygens (including phenoxy) is 1. The Kier molecular flexibility index (Phi) is 4.91. The first-order valence-corrected chi connectivity index (χ1v) is 4.74. The van der Waals surface area contributed by atoms with E-state index < -0.39 is 20.2 Å². The highest BCUT2D eigenvalue weighted by atomic mass is 35.6. The molecule has 0 saturated heterocycles. The zero-order valence-corrected chi connectivity index (χ0v) is 10.0. The van der Waals surface area contributed by atoms with E-state index in [1.54, 1.807) is 0 Å². The molecule has 0 aliphatic carbocycles. The number of carbonyl (C=O) groups excluding carboxylic acids is 1. The highest BCUT2D eigenvalue weighted by Gasteiger charge is 2.52. The minimum absolute atomic E-state index is 1.03. The molecule has 3 nitrogen and oxygen atoms in total. The lowest BCUT2D eigenvalue weighted by Crippen LogP contribution is -2.47. The maximum atomic E-state index is 10.9. The van der Waals surface area contributed by atoms with Crippen LogP contribution in [-0.2, 0) is 9.53 Å². The van der Waals surface area contributed by atoms with Crippen LogP contribution in [-0.4, -0.2) is 32.4 Å². The minimum Gasteiger partial charge on any atom is -0.467 e. The van der Waals surface area contributed by atoms with E-state index in [1.807, 2.05) is 0 Å². The van der Waals surface area contributed by atoms with Gasteiger partial charge in [-0.25, -0.2) is 4.79 Å². The second-order valence-corrected chi connectivity index (χ2v) is 5.81. The number of hydrogen-bond acceptors (Lipinski definition) is 3. The molecule has 8 heteroatoms. The number of hydrogen-bond donors (Lipinski definition) is 1. The average molecular weight is 290 g/mol. The zero-order valence-electron chi connectivity index (χ0n) is 6.23. The fraction of sp³-hybridized carbons (Fsp3) is 0.800. The maximum absolute atomic E-state index is 10.9. The van der Waals surface area contributed by atoms with E-state index in [9.17, 15) is 9.90 Å². The van der Waals surface area contributed by atoms with Gasteiger partial charge in [0.05, 0.1) is 7.11 Å². The quantitative estimate of drug-likeness (QED) is 0.625. The number of methoxy groups -OCH3 is 1. The van der Waals surface area contributed by atoms with Gasteiger partial charge in [-0.3, -0.25) is 0 Å². The Hall–Kier alpha value is 0.880. The number of rotatable bonds is 2. The van der Waals surface area contributed by atoms with Crippen LogP contribution in [0.3, 0.4) is 0 Å². The van der Waals surface area contributed by atoms with E-state index in [1.165, 1.54) is 0 Å². The van der Waals surface area contributed by atoms with Gasteiger partial charge < -0.3 is 9.84 Å². The largest absolute Gasteiger partial charge is 0.467 e. The molecule has 0 aromatic carbocycles. The van der Waals surface area contributed by atoms with Crippen molar-refractivity contribution in [3.63, 3.8) is 0 Å². The summed E-state index contributed by atoms with van der Waals surface area (Å²) < 4.78 is -0.282. The number of halogens is 5. The summed E-state index contributed by atoms with van der Waals surface area (Å²) in [7, 11) is 1.03. The Morgan fingerprint density at radius 3 is 1.92 bits per heavy atom. The van der Waals surface area contributed by atoms with Crippen LogP contribution < -0.4 is 0 Å². The Balaban J connectivity index is 4.74. The summed E-state index contributed by atoms with van der Waals surface area (Å²) in [6.07, 6.45) is -1.89. The maximum Gasteiger partial charge on any atom is 0.345 e. The standard InChI is InChI=1S/C5H5Cl5O3/c1-13-3(12)4(6,7)2(11)5(8,9)10/h2,11H,1H3. The van der Waals surface area contributed by atoms with E-state index >= 15 is 0 Å². The Morgan fingerprint density at radius 1 is 1.31 bits per heavy atom. The number of esters is 1. The van der Waals surface area contributed by atoms with E-state index in [-0.39, 0.29) is 0 Å². The summed E-state index contributed by atoms with van der Waals surface area (Å²) in [6.45, 7) is 0. The molecule has 0 saturated carbocycles. The average Bonchev–Trinajstić information content (AvgIpc) is 1.99. The molecule has 1 atom stereocenters. The first kappa shape index (κ1) is 13.9. The van der Waals surface area contributed by atoms with Crippen molar-refractivity contribution >= 4 is 64.0 Å². The van der Waals surface area contributed by atoms with Crippen molar-refractivity contribution in [3.8, 4) is 0 Å². The van der Waals surface area contributed by atoms with Gasteiger partial charge in [0.15, 0.2) is 0 Å². The second-order valence-electron chi connectivity index (χ2n) is 2.06. The Bertz CT molecular complexity index is 199. The van der Waals surface area contributed by atoms with Crippen LogP contribution >= 0.6 is 58.0 Å². The van der Waals surface area contributed by atoms with E-state index in [0.29, 0.717) is 0 Å². The summed E-state index contributed by atoms with van der Waals surface area (Å²) >= 11 is 26.6. The third-order valence-electron chi connectivity index (χ3n) is 1.11. The van der Waals surface area contributed by atoms with E-state index in [2.05, 4.69) is 4.74 Å². The number of aliphatic hydroxyl groups excluding tert-OH is 1. The predicted molar refractivity (Wildman–Crippen MR) is 52.7 cm³/mol. The van der Waals surface area contributed by atoms with Crippen LogP contribution in [0.25, 0.3) is 0 Å². The second kappa shape index (κ2) is 4.60. The lowest BCUT2D eigenvalue weighted by atomic mass is 10.2. The molecule has 0 radical (unpaired) electrons. The molecule has 0 rings (SSSR count). The van der Waals surface area contributed by atoms with Gasteiger partial charge in [0.25, 0.3) is 0 Å². The van der Waals surface area contributed by atoms with Gasteiger partial charge in [-0.1, -0.05) is 58.0 Å². The summed E-state index contributed by atoms with van der Waals surface area (Å²) in [4.78, 5) is 10.9. The lowest BCUT2D eigenvalue weighted by Gasteiger charge is -2.27. The van der Waals surface area contributed by atoms with Crippen LogP contribution in [0.2, 0.25) is 0 Å². The molecule has 1 N–H and O–H groups in total. The highest BCUT2D eigenvalue weighted by molar-refractivity contribution is 6.70. The summed E-state index contributed by atoms with van der Waals surface area (Å²) in [5.41, 5.74) is 0. The molecule has 0 bridgehead atoms. The van der Waals surface area contributed by atoms with Crippen LogP contribution in [0, 0.1) is 0 Å². The van der Waals surface area contributed by atoms with Crippen LogP contribution in [0.4, 0.5) is 0 Å². The Morgan fingerprint density at radius 2 is 1.69 bits per heavy atom. The molecular formula is C5H5Cl5O3. The van der Waals surface area contributed by atoms with Gasteiger partial charge in [-0.05, 0) is 0 Å². The number of aliphatic hydroxyl groups is 1.